The summed E-state index contributed by atoms with van der Waals surface area (Å²) >= 11 is 0. The maximum Gasteiger partial charge on any atom is 1.00 e. The molecule has 0 aromatic carbocycles. The van der Waals surface area contributed by atoms with Gasteiger partial charge in [-0.2, -0.15) is 0 Å². The first kappa shape index (κ1) is 12.5. The molecule has 0 fully saturated rings. The molecule has 0 aliphatic heterocycles. The van der Waals surface area contributed by atoms with Crippen LogP contribution in [0.25, 0.3) is 0 Å². The molecule has 1 aliphatic carbocycles. The number of hydrogen-bond acceptors (Lipinski definition) is 3. The fourth-order valence-electron chi connectivity index (χ4n) is 1.20. The SMILES string of the molecule is O=C([O-])C(=O)C1CC=CCC1.[K+]. The number of allylic oxidation sites excluding steroid dienone is 2. The number of ketones is 1. The van der Waals surface area contributed by atoms with Crippen LogP contribution < -0.4 is 56.5 Å². The van der Waals surface area contributed by atoms with Gasteiger partial charge in [-0.1, -0.05) is 12.2 Å². The van der Waals surface area contributed by atoms with E-state index in [0.29, 0.717) is 12.8 Å². The van der Waals surface area contributed by atoms with Crippen LogP contribution in [0.4, 0.5) is 0 Å². The van der Waals surface area contributed by atoms with Crippen LogP contribution in [0.5, 0.6) is 0 Å². The van der Waals surface area contributed by atoms with E-state index in [2.05, 4.69) is 0 Å². The van der Waals surface area contributed by atoms with Gasteiger partial charge < -0.3 is 9.90 Å². The molecular formula is C8H9KO3. The predicted octanol–water partition coefficient (Wildman–Crippen LogP) is -3.33. The maximum atomic E-state index is 10.8. The van der Waals surface area contributed by atoms with Gasteiger partial charge in [0.05, 0.1) is 0 Å². The van der Waals surface area contributed by atoms with Gasteiger partial charge in [-0.25, -0.2) is 0 Å². The summed E-state index contributed by atoms with van der Waals surface area (Å²) in [5.74, 6) is -2.65. The molecule has 0 saturated carbocycles. The Hall–Kier alpha value is 0.516. The molecule has 0 aromatic rings. The summed E-state index contributed by atoms with van der Waals surface area (Å²) in [5.41, 5.74) is 0. The van der Waals surface area contributed by atoms with Crippen molar-refractivity contribution in [2.75, 3.05) is 0 Å². The average molecular weight is 192 g/mol. The Morgan fingerprint density at radius 1 is 1.33 bits per heavy atom. The van der Waals surface area contributed by atoms with Crippen molar-refractivity contribution in [2.45, 2.75) is 19.3 Å². The molecule has 0 N–H and O–H groups in total. The van der Waals surface area contributed by atoms with E-state index in [1.807, 2.05) is 12.2 Å². The summed E-state index contributed by atoms with van der Waals surface area (Å²) in [6.07, 6.45) is 5.79. The smallest absolute Gasteiger partial charge is 0.542 e. The normalized spacial score (nSPS) is 21.2. The van der Waals surface area contributed by atoms with Gasteiger partial charge in [0.15, 0.2) is 5.78 Å². The van der Waals surface area contributed by atoms with Crippen molar-refractivity contribution < 1.29 is 66.1 Å². The van der Waals surface area contributed by atoms with Gasteiger partial charge in [0.1, 0.15) is 5.97 Å². The van der Waals surface area contributed by atoms with Crippen LogP contribution >= 0.6 is 0 Å². The minimum atomic E-state index is -1.55. The molecule has 0 saturated heterocycles. The van der Waals surface area contributed by atoms with E-state index in [4.69, 9.17) is 0 Å². The molecular weight excluding hydrogens is 183 g/mol. The third-order valence-electron chi connectivity index (χ3n) is 1.84. The first-order valence-electron chi connectivity index (χ1n) is 3.62. The second-order valence-electron chi connectivity index (χ2n) is 2.63. The van der Waals surface area contributed by atoms with Crippen molar-refractivity contribution in [3.05, 3.63) is 12.2 Å². The van der Waals surface area contributed by atoms with E-state index >= 15 is 0 Å². The van der Waals surface area contributed by atoms with Gasteiger partial charge in [-0.15, -0.1) is 0 Å². The van der Waals surface area contributed by atoms with Gasteiger partial charge in [-0.05, 0) is 19.3 Å². The van der Waals surface area contributed by atoms with Gasteiger partial charge in [0.25, 0.3) is 0 Å². The predicted molar refractivity (Wildman–Crippen MR) is 36.5 cm³/mol. The average Bonchev–Trinajstić information content (AvgIpc) is 2.05. The zero-order chi connectivity index (χ0) is 8.27. The quantitative estimate of drug-likeness (QED) is 0.261. The molecule has 12 heavy (non-hydrogen) atoms. The summed E-state index contributed by atoms with van der Waals surface area (Å²) in [5, 5.41) is 10.1. The van der Waals surface area contributed by atoms with Crippen molar-refractivity contribution >= 4 is 11.8 Å². The van der Waals surface area contributed by atoms with E-state index in [0.717, 1.165) is 6.42 Å². The van der Waals surface area contributed by atoms with Gasteiger partial charge in [0.2, 0.25) is 0 Å². The number of carbonyl (C=O) groups excluding carboxylic acids is 2. The Bertz CT molecular complexity index is 210. The Balaban J connectivity index is 0.00000121. The van der Waals surface area contributed by atoms with Crippen LogP contribution in [-0.4, -0.2) is 11.8 Å². The summed E-state index contributed by atoms with van der Waals surface area (Å²) in [6, 6.07) is 0. The van der Waals surface area contributed by atoms with Crippen molar-refractivity contribution in [1.82, 2.24) is 0 Å². The zero-order valence-electron chi connectivity index (χ0n) is 7.08. The minimum absolute atomic E-state index is 0. The van der Waals surface area contributed by atoms with Crippen molar-refractivity contribution in [2.24, 2.45) is 5.92 Å². The van der Waals surface area contributed by atoms with E-state index < -0.39 is 11.8 Å². The van der Waals surface area contributed by atoms with Gasteiger partial charge >= 0.3 is 51.4 Å². The molecule has 0 spiro atoms. The number of Topliss-reactive ketones (excluding diaryl/α,β-unsaturated/α-hetero) is 1. The van der Waals surface area contributed by atoms with Crippen molar-refractivity contribution in [1.29, 1.82) is 0 Å². The van der Waals surface area contributed by atoms with Crippen LogP contribution in [0, 0.1) is 5.92 Å². The Kier molecular flexibility index (Phi) is 6.30. The number of carboxylic acids is 1. The standard InChI is InChI=1S/C8H10O3.K/c9-7(8(10)11)6-4-2-1-3-5-6;/h1-2,6H,3-5H2,(H,10,11);/q;+1/p-1. The molecule has 60 valence electrons. The Morgan fingerprint density at radius 2 is 2.00 bits per heavy atom. The molecule has 1 rings (SSSR count). The maximum absolute atomic E-state index is 10.8. The third-order valence-corrected chi connectivity index (χ3v) is 1.84. The second kappa shape index (κ2) is 6.04. The molecule has 1 atom stereocenters. The number of carbonyl (C=O) groups is 2. The summed E-state index contributed by atoms with van der Waals surface area (Å²) in [7, 11) is 0. The molecule has 0 aromatic heterocycles. The fraction of sp³-hybridized carbons (Fsp3) is 0.500. The van der Waals surface area contributed by atoms with Crippen LogP contribution in [0.1, 0.15) is 19.3 Å². The fourth-order valence-corrected chi connectivity index (χ4v) is 1.20. The number of rotatable bonds is 2. The summed E-state index contributed by atoms with van der Waals surface area (Å²) < 4.78 is 0. The zero-order valence-corrected chi connectivity index (χ0v) is 10.2. The molecule has 4 heteroatoms. The van der Waals surface area contributed by atoms with Crippen LogP contribution in [-0.2, 0) is 9.59 Å². The molecule has 0 radical (unpaired) electrons. The van der Waals surface area contributed by atoms with E-state index in [9.17, 15) is 14.7 Å². The molecule has 0 heterocycles. The monoisotopic (exact) mass is 192 g/mol. The second-order valence-corrected chi connectivity index (χ2v) is 2.63. The summed E-state index contributed by atoms with van der Waals surface area (Å²) in [4.78, 5) is 20.9. The molecule has 0 amide bonds. The van der Waals surface area contributed by atoms with Crippen molar-refractivity contribution in [3.63, 3.8) is 0 Å². The van der Waals surface area contributed by atoms with E-state index in [1.54, 1.807) is 0 Å². The van der Waals surface area contributed by atoms with Crippen LogP contribution in [0.15, 0.2) is 12.2 Å². The molecule has 0 bridgehead atoms. The minimum Gasteiger partial charge on any atom is -0.542 e. The first-order chi connectivity index (χ1) is 5.22. The Morgan fingerprint density at radius 3 is 2.42 bits per heavy atom. The van der Waals surface area contributed by atoms with Crippen molar-refractivity contribution in [3.8, 4) is 0 Å². The van der Waals surface area contributed by atoms with E-state index in [-0.39, 0.29) is 57.3 Å². The van der Waals surface area contributed by atoms with Crippen LogP contribution in [0.2, 0.25) is 0 Å². The molecule has 1 aliphatic rings. The number of carboxylic acid groups (broad SMARTS) is 1. The topological polar surface area (TPSA) is 57.2 Å². The van der Waals surface area contributed by atoms with Crippen LogP contribution in [0.3, 0.4) is 0 Å². The third kappa shape index (κ3) is 3.49. The van der Waals surface area contributed by atoms with E-state index in [1.165, 1.54) is 0 Å². The molecule has 3 nitrogen and oxygen atoms in total. The van der Waals surface area contributed by atoms with Gasteiger partial charge in [-0.3, -0.25) is 4.79 Å². The largest absolute Gasteiger partial charge is 1.00 e. The number of hydrogen-bond donors (Lipinski definition) is 0. The molecule has 1 unspecified atom stereocenters. The first-order valence-corrected chi connectivity index (χ1v) is 3.62. The van der Waals surface area contributed by atoms with Gasteiger partial charge in [0, 0.05) is 5.92 Å². The number of aliphatic carboxylic acids is 1. The summed E-state index contributed by atoms with van der Waals surface area (Å²) in [6.45, 7) is 0. The Labute approximate surface area is 114 Å².